The summed E-state index contributed by atoms with van der Waals surface area (Å²) in [4.78, 5) is 27.1. The van der Waals surface area contributed by atoms with Crippen LogP contribution in [0.25, 0.3) is 0 Å². The number of nitrogens with two attached hydrogens (primary N) is 1. The third kappa shape index (κ3) is 6.88. The fourth-order valence-corrected chi connectivity index (χ4v) is 3.67. The van der Waals surface area contributed by atoms with E-state index in [-0.39, 0.29) is 36.7 Å². The molecular weight excluding hydrogens is 358 g/mol. The molecule has 25 heavy (non-hydrogen) atoms. The second kappa shape index (κ2) is 10.7. The molecule has 0 bridgehead atoms. The van der Waals surface area contributed by atoms with Gasteiger partial charge >= 0.3 is 0 Å². The van der Waals surface area contributed by atoms with Crippen molar-refractivity contribution in [2.45, 2.75) is 31.2 Å². The van der Waals surface area contributed by atoms with Crippen molar-refractivity contribution in [2.75, 3.05) is 25.4 Å². The van der Waals surface area contributed by atoms with Gasteiger partial charge in [-0.05, 0) is 30.4 Å². The highest BCUT2D eigenvalue weighted by molar-refractivity contribution is 7.99. The first-order valence-corrected chi connectivity index (χ1v) is 9.45. The smallest absolute Gasteiger partial charge is 0.241 e. The third-order valence-electron chi connectivity index (χ3n) is 4.30. The molecule has 0 aliphatic carbocycles. The first-order valence-electron chi connectivity index (χ1n) is 8.46. The number of halogens is 1. The van der Waals surface area contributed by atoms with Crippen LogP contribution >= 0.6 is 24.2 Å². The predicted molar refractivity (Wildman–Crippen MR) is 105 cm³/mol. The number of hydrogen-bond acceptors (Lipinski definition) is 4. The van der Waals surface area contributed by atoms with Crippen LogP contribution in [-0.2, 0) is 9.59 Å². The van der Waals surface area contributed by atoms with E-state index >= 15 is 0 Å². The quantitative estimate of drug-likeness (QED) is 0.705. The van der Waals surface area contributed by atoms with Crippen molar-refractivity contribution in [2.24, 2.45) is 17.6 Å². The first-order chi connectivity index (χ1) is 11.5. The number of thioether (sulfide) groups is 1. The van der Waals surface area contributed by atoms with Gasteiger partial charge in [0.2, 0.25) is 11.8 Å². The topological polar surface area (TPSA) is 75.4 Å². The molecule has 1 aliphatic rings. The summed E-state index contributed by atoms with van der Waals surface area (Å²) in [6.45, 7) is 5.36. The summed E-state index contributed by atoms with van der Waals surface area (Å²) in [5.41, 5.74) is 5.78. The molecule has 2 rings (SSSR count). The number of nitrogens with zero attached hydrogens (tertiary/aromatic N) is 1. The molecular formula is C18H28ClN3O2S. The van der Waals surface area contributed by atoms with Crippen molar-refractivity contribution in [1.29, 1.82) is 0 Å². The van der Waals surface area contributed by atoms with Crippen molar-refractivity contribution in [3.63, 3.8) is 0 Å². The van der Waals surface area contributed by atoms with Crippen LogP contribution in [0.1, 0.15) is 20.3 Å². The molecule has 3 N–H and O–H groups in total. The van der Waals surface area contributed by atoms with Crippen molar-refractivity contribution in [3.05, 3.63) is 30.3 Å². The summed E-state index contributed by atoms with van der Waals surface area (Å²) >= 11 is 1.83. The lowest BCUT2D eigenvalue weighted by Crippen LogP contribution is -2.47. The van der Waals surface area contributed by atoms with Gasteiger partial charge in [0, 0.05) is 23.7 Å². The van der Waals surface area contributed by atoms with Crippen molar-refractivity contribution < 1.29 is 9.59 Å². The average Bonchev–Trinajstić information content (AvgIpc) is 3.06. The lowest BCUT2D eigenvalue weighted by Gasteiger charge is -2.19. The monoisotopic (exact) mass is 385 g/mol. The maximum atomic E-state index is 12.2. The predicted octanol–water partition coefficient (Wildman–Crippen LogP) is 2.15. The molecule has 0 saturated carbocycles. The maximum absolute atomic E-state index is 12.2. The summed E-state index contributed by atoms with van der Waals surface area (Å²) in [5, 5.41) is 2.65. The maximum Gasteiger partial charge on any atom is 0.241 e. The van der Waals surface area contributed by atoms with Gasteiger partial charge in [-0.2, -0.15) is 0 Å². The molecule has 2 amide bonds. The number of benzene rings is 1. The Morgan fingerprint density at radius 3 is 2.64 bits per heavy atom. The summed E-state index contributed by atoms with van der Waals surface area (Å²) in [6.07, 6.45) is 1.02. The van der Waals surface area contributed by atoms with E-state index in [9.17, 15) is 9.59 Å². The van der Waals surface area contributed by atoms with Gasteiger partial charge < -0.3 is 16.0 Å². The van der Waals surface area contributed by atoms with Crippen molar-refractivity contribution in [1.82, 2.24) is 10.2 Å². The molecule has 0 aromatic heterocycles. The fraction of sp³-hybridized carbons (Fsp3) is 0.556. The molecule has 1 unspecified atom stereocenters. The van der Waals surface area contributed by atoms with Crippen LogP contribution in [-0.4, -0.2) is 48.1 Å². The standard InChI is InChI=1S/C18H27N3O2S.ClH/c1-13(2)17(19)18(23)20-10-16(22)21-9-8-14(11-21)12-24-15-6-4-3-5-7-15;/h3-7,13-14,17H,8-12,19H2,1-2H3,(H,20,23);1H/t14?,17-;/m0./s1. The zero-order valence-corrected chi connectivity index (χ0v) is 16.4. The van der Waals surface area contributed by atoms with Crippen molar-refractivity contribution in [3.8, 4) is 0 Å². The van der Waals surface area contributed by atoms with Crippen LogP contribution in [0.3, 0.4) is 0 Å². The molecule has 0 spiro atoms. The molecule has 1 fully saturated rings. The molecule has 5 nitrogen and oxygen atoms in total. The number of amides is 2. The minimum absolute atomic E-state index is 0. The average molecular weight is 386 g/mol. The molecule has 1 saturated heterocycles. The Balaban J connectivity index is 0.00000312. The Morgan fingerprint density at radius 1 is 1.32 bits per heavy atom. The minimum Gasteiger partial charge on any atom is -0.346 e. The number of carbonyl (C=O) groups excluding carboxylic acids is 2. The van der Waals surface area contributed by atoms with Gasteiger partial charge in [-0.3, -0.25) is 9.59 Å². The van der Waals surface area contributed by atoms with Crippen LogP contribution in [0, 0.1) is 11.8 Å². The van der Waals surface area contributed by atoms with E-state index in [0.29, 0.717) is 5.92 Å². The molecule has 1 aliphatic heterocycles. The lowest BCUT2D eigenvalue weighted by atomic mass is 10.1. The summed E-state index contributed by atoms with van der Waals surface area (Å²) in [5.74, 6) is 1.30. The molecule has 140 valence electrons. The van der Waals surface area contributed by atoms with E-state index < -0.39 is 6.04 Å². The molecule has 1 aromatic rings. The second-order valence-corrected chi connectivity index (χ2v) is 7.70. The number of likely N-dealkylation sites (tertiary alicyclic amines) is 1. The van der Waals surface area contributed by atoms with Gasteiger partial charge in [0.1, 0.15) is 0 Å². The second-order valence-electron chi connectivity index (χ2n) is 6.61. The van der Waals surface area contributed by atoms with Crippen LogP contribution in [0.4, 0.5) is 0 Å². The van der Waals surface area contributed by atoms with E-state index in [0.717, 1.165) is 25.3 Å². The van der Waals surface area contributed by atoms with E-state index in [4.69, 9.17) is 5.73 Å². The molecule has 0 radical (unpaired) electrons. The normalized spacial score (nSPS) is 17.9. The number of hydrogen-bond donors (Lipinski definition) is 2. The van der Waals surface area contributed by atoms with Gasteiger partial charge in [-0.15, -0.1) is 24.2 Å². The highest BCUT2D eigenvalue weighted by Crippen LogP contribution is 2.25. The van der Waals surface area contributed by atoms with Gasteiger partial charge in [-0.25, -0.2) is 0 Å². The number of nitrogens with one attached hydrogen (secondary N) is 1. The van der Waals surface area contributed by atoms with Crippen LogP contribution in [0.15, 0.2) is 35.2 Å². The van der Waals surface area contributed by atoms with E-state index in [2.05, 4.69) is 17.4 Å². The molecule has 1 heterocycles. The molecule has 1 aromatic carbocycles. The molecule has 7 heteroatoms. The van der Waals surface area contributed by atoms with E-state index in [1.807, 2.05) is 48.7 Å². The van der Waals surface area contributed by atoms with Gasteiger partial charge in [0.05, 0.1) is 12.6 Å². The fourth-order valence-electron chi connectivity index (χ4n) is 2.62. The summed E-state index contributed by atoms with van der Waals surface area (Å²) in [7, 11) is 0. The largest absolute Gasteiger partial charge is 0.346 e. The van der Waals surface area contributed by atoms with Gasteiger partial charge in [0.15, 0.2) is 0 Å². The Kier molecular flexibility index (Phi) is 9.32. The number of carbonyl (C=O) groups is 2. The van der Waals surface area contributed by atoms with E-state index in [1.54, 1.807) is 0 Å². The van der Waals surface area contributed by atoms with E-state index in [1.165, 1.54) is 4.90 Å². The van der Waals surface area contributed by atoms with Crippen molar-refractivity contribution >= 4 is 36.0 Å². The minimum atomic E-state index is -0.564. The zero-order valence-electron chi connectivity index (χ0n) is 14.8. The Hall–Kier alpha value is -1.24. The zero-order chi connectivity index (χ0) is 17.5. The highest BCUT2D eigenvalue weighted by Gasteiger charge is 2.27. The van der Waals surface area contributed by atoms with Crippen LogP contribution in [0.5, 0.6) is 0 Å². The lowest BCUT2D eigenvalue weighted by molar-refractivity contribution is -0.132. The van der Waals surface area contributed by atoms with Crippen LogP contribution in [0.2, 0.25) is 0 Å². The Morgan fingerprint density at radius 2 is 2.00 bits per heavy atom. The van der Waals surface area contributed by atoms with Gasteiger partial charge in [-0.1, -0.05) is 32.0 Å². The van der Waals surface area contributed by atoms with Crippen LogP contribution < -0.4 is 11.1 Å². The molecule has 2 atom stereocenters. The Labute approximate surface area is 160 Å². The van der Waals surface area contributed by atoms with Gasteiger partial charge in [0.25, 0.3) is 0 Å². The third-order valence-corrected chi connectivity index (χ3v) is 5.55. The summed E-state index contributed by atoms with van der Waals surface area (Å²) in [6, 6.07) is 9.74. The summed E-state index contributed by atoms with van der Waals surface area (Å²) < 4.78 is 0. The SMILES string of the molecule is CC(C)[C@H](N)C(=O)NCC(=O)N1CCC(CSc2ccccc2)C1.Cl. The highest BCUT2D eigenvalue weighted by atomic mass is 35.5. The Bertz CT molecular complexity index is 557. The first kappa shape index (κ1) is 21.8. The number of rotatable bonds is 7.